The van der Waals surface area contributed by atoms with Gasteiger partial charge in [0.25, 0.3) is 0 Å². The van der Waals surface area contributed by atoms with Gasteiger partial charge >= 0.3 is 0 Å². The lowest BCUT2D eigenvalue weighted by Crippen LogP contribution is -2.24. The molecule has 0 saturated heterocycles. The van der Waals surface area contributed by atoms with E-state index in [2.05, 4.69) is 33.2 Å². The predicted octanol–water partition coefficient (Wildman–Crippen LogP) is 5.98. The van der Waals surface area contributed by atoms with Crippen molar-refractivity contribution in [2.75, 3.05) is 10.6 Å². The fourth-order valence-electron chi connectivity index (χ4n) is 2.88. The summed E-state index contributed by atoms with van der Waals surface area (Å²) in [5.74, 6) is -0.0888. The second-order valence-electron chi connectivity index (χ2n) is 6.75. The Balaban J connectivity index is 1.60. The van der Waals surface area contributed by atoms with Crippen LogP contribution in [-0.4, -0.2) is 17.1 Å². The smallest absolute Gasteiger partial charge is 0.237 e. The largest absolute Gasteiger partial charge is 0.326 e. The Kier molecular flexibility index (Phi) is 8.33. The van der Waals surface area contributed by atoms with Gasteiger partial charge in [-0.2, -0.15) is 0 Å². The fraction of sp³-hybridized carbons (Fsp3) is 0.167. The van der Waals surface area contributed by atoms with E-state index in [0.29, 0.717) is 12.8 Å². The topological polar surface area (TPSA) is 58.2 Å². The van der Waals surface area contributed by atoms with E-state index < -0.39 is 0 Å². The minimum atomic E-state index is -0.223. The van der Waals surface area contributed by atoms with E-state index in [0.717, 1.165) is 25.4 Å². The van der Waals surface area contributed by atoms with Gasteiger partial charge in [0.2, 0.25) is 11.8 Å². The summed E-state index contributed by atoms with van der Waals surface area (Å²) in [5, 5.41) is 5.70. The average molecular weight is 530 g/mol. The van der Waals surface area contributed by atoms with Gasteiger partial charge in [0.05, 0.1) is 11.7 Å². The van der Waals surface area contributed by atoms with Gasteiger partial charge in [-0.1, -0.05) is 43.3 Å². The molecule has 6 heteroatoms. The number of carbonyl (C=O) groups is 2. The van der Waals surface area contributed by atoms with Gasteiger partial charge < -0.3 is 10.6 Å². The molecule has 2 amide bonds. The molecular formula is C24H23IN2O2S. The second kappa shape index (κ2) is 11.2. The van der Waals surface area contributed by atoms with Crippen LogP contribution in [0.5, 0.6) is 0 Å². The maximum atomic E-state index is 12.7. The summed E-state index contributed by atoms with van der Waals surface area (Å²) >= 11 is 3.74. The molecule has 0 aliphatic rings. The maximum Gasteiger partial charge on any atom is 0.237 e. The van der Waals surface area contributed by atoms with Gasteiger partial charge in [0.15, 0.2) is 0 Å². The predicted molar refractivity (Wildman–Crippen MR) is 133 cm³/mol. The number of amides is 2. The third-order valence-electron chi connectivity index (χ3n) is 4.38. The lowest BCUT2D eigenvalue weighted by atomic mass is 10.1. The quantitative estimate of drug-likeness (QED) is 0.278. The summed E-state index contributed by atoms with van der Waals surface area (Å²) in [4.78, 5) is 26.0. The Morgan fingerprint density at radius 3 is 2.33 bits per heavy atom. The van der Waals surface area contributed by atoms with Crippen molar-refractivity contribution in [2.24, 2.45) is 0 Å². The van der Waals surface area contributed by atoms with E-state index in [-0.39, 0.29) is 17.1 Å². The highest BCUT2D eigenvalue weighted by molar-refractivity contribution is 14.1. The molecule has 0 saturated carbocycles. The minimum Gasteiger partial charge on any atom is -0.326 e. The van der Waals surface area contributed by atoms with Crippen LogP contribution in [0, 0.1) is 3.57 Å². The first-order chi connectivity index (χ1) is 14.5. The normalized spacial score (nSPS) is 11.5. The number of halogens is 1. The van der Waals surface area contributed by atoms with Crippen molar-refractivity contribution in [3.63, 3.8) is 0 Å². The van der Waals surface area contributed by atoms with Crippen LogP contribution in [0.3, 0.4) is 0 Å². The second-order valence-corrected chi connectivity index (χ2v) is 9.27. The SMILES string of the molecule is CCC(Sc1cccc(NC(=O)Cc2ccccc2)c1)C(=O)Nc1ccc(I)cc1. The van der Waals surface area contributed by atoms with E-state index in [1.165, 1.54) is 11.8 Å². The van der Waals surface area contributed by atoms with Crippen molar-refractivity contribution in [3.8, 4) is 0 Å². The molecule has 0 aliphatic heterocycles. The van der Waals surface area contributed by atoms with Gasteiger partial charge in [0.1, 0.15) is 0 Å². The fourth-order valence-corrected chi connectivity index (χ4v) is 4.25. The summed E-state index contributed by atoms with van der Waals surface area (Å²) in [6.07, 6.45) is 1.03. The first-order valence-electron chi connectivity index (χ1n) is 9.70. The van der Waals surface area contributed by atoms with Crippen LogP contribution in [0.1, 0.15) is 18.9 Å². The molecule has 0 heterocycles. The molecule has 4 nitrogen and oxygen atoms in total. The van der Waals surface area contributed by atoms with E-state index in [1.54, 1.807) is 0 Å². The summed E-state index contributed by atoms with van der Waals surface area (Å²) < 4.78 is 1.12. The summed E-state index contributed by atoms with van der Waals surface area (Å²) in [6.45, 7) is 2.00. The Morgan fingerprint density at radius 2 is 1.63 bits per heavy atom. The molecule has 0 aliphatic carbocycles. The maximum absolute atomic E-state index is 12.7. The van der Waals surface area contributed by atoms with Crippen molar-refractivity contribution in [1.82, 2.24) is 0 Å². The van der Waals surface area contributed by atoms with Crippen LogP contribution in [0.4, 0.5) is 11.4 Å². The number of benzene rings is 3. The van der Waals surface area contributed by atoms with E-state index >= 15 is 0 Å². The molecule has 3 aromatic carbocycles. The Labute approximate surface area is 195 Å². The van der Waals surface area contributed by atoms with Crippen molar-refractivity contribution >= 4 is 57.5 Å². The highest BCUT2D eigenvalue weighted by Crippen LogP contribution is 2.28. The molecule has 0 fully saturated rings. The van der Waals surface area contributed by atoms with E-state index in [1.807, 2.05) is 85.8 Å². The van der Waals surface area contributed by atoms with Gasteiger partial charge in [-0.15, -0.1) is 11.8 Å². The molecule has 3 aromatic rings. The molecule has 0 aromatic heterocycles. The summed E-state index contributed by atoms with van der Waals surface area (Å²) in [7, 11) is 0. The third-order valence-corrected chi connectivity index (χ3v) is 6.46. The van der Waals surface area contributed by atoms with Crippen LogP contribution < -0.4 is 10.6 Å². The first-order valence-corrected chi connectivity index (χ1v) is 11.7. The Bertz CT molecular complexity index is 994. The first kappa shape index (κ1) is 22.4. The minimum absolute atomic E-state index is 0.0257. The molecule has 0 spiro atoms. The van der Waals surface area contributed by atoms with Gasteiger partial charge in [-0.3, -0.25) is 9.59 Å². The molecule has 0 bridgehead atoms. The number of hydrogen-bond donors (Lipinski definition) is 2. The highest BCUT2D eigenvalue weighted by Gasteiger charge is 2.18. The molecule has 1 atom stereocenters. The van der Waals surface area contributed by atoms with Gasteiger partial charge in [-0.25, -0.2) is 0 Å². The molecule has 2 N–H and O–H groups in total. The number of carbonyl (C=O) groups excluding carboxylic acids is 2. The van der Waals surface area contributed by atoms with Crippen LogP contribution in [-0.2, 0) is 16.0 Å². The average Bonchev–Trinajstić information content (AvgIpc) is 2.74. The van der Waals surface area contributed by atoms with Crippen LogP contribution in [0.2, 0.25) is 0 Å². The lowest BCUT2D eigenvalue weighted by molar-refractivity contribution is -0.116. The number of hydrogen-bond acceptors (Lipinski definition) is 3. The van der Waals surface area contributed by atoms with Crippen molar-refractivity contribution < 1.29 is 9.59 Å². The number of nitrogens with one attached hydrogen (secondary N) is 2. The molecule has 154 valence electrons. The summed E-state index contributed by atoms with van der Waals surface area (Å²) in [5.41, 5.74) is 2.49. The molecule has 0 radical (unpaired) electrons. The number of thioether (sulfide) groups is 1. The molecule has 30 heavy (non-hydrogen) atoms. The standard InChI is InChI=1S/C24H23IN2O2S/c1-2-22(24(29)27-19-13-11-18(25)12-14-19)30-21-10-6-9-20(16-21)26-23(28)15-17-7-4-3-5-8-17/h3-14,16,22H,2,15H2,1H3,(H,26,28)(H,27,29). The monoisotopic (exact) mass is 530 g/mol. The van der Waals surface area contributed by atoms with E-state index in [9.17, 15) is 9.59 Å². The zero-order valence-corrected chi connectivity index (χ0v) is 19.6. The van der Waals surface area contributed by atoms with Crippen LogP contribution in [0.25, 0.3) is 0 Å². The number of anilines is 2. The number of rotatable bonds is 8. The molecular weight excluding hydrogens is 507 g/mol. The van der Waals surface area contributed by atoms with E-state index in [4.69, 9.17) is 0 Å². The molecule has 1 unspecified atom stereocenters. The zero-order chi connectivity index (χ0) is 21.3. The van der Waals surface area contributed by atoms with Crippen LogP contribution >= 0.6 is 34.4 Å². The van der Waals surface area contributed by atoms with Gasteiger partial charge in [-0.05, 0) is 77.0 Å². The van der Waals surface area contributed by atoms with Crippen molar-refractivity contribution in [2.45, 2.75) is 29.9 Å². The van der Waals surface area contributed by atoms with Gasteiger partial charge in [0, 0.05) is 19.8 Å². The zero-order valence-electron chi connectivity index (χ0n) is 16.6. The Hall–Kier alpha value is -2.32. The third kappa shape index (κ3) is 6.88. The molecule has 3 rings (SSSR count). The lowest BCUT2D eigenvalue weighted by Gasteiger charge is -2.15. The van der Waals surface area contributed by atoms with Crippen LogP contribution in [0.15, 0.2) is 83.8 Å². The Morgan fingerprint density at radius 1 is 0.900 bits per heavy atom. The van der Waals surface area contributed by atoms with Crippen molar-refractivity contribution in [1.29, 1.82) is 0 Å². The van der Waals surface area contributed by atoms with Crippen molar-refractivity contribution in [3.05, 3.63) is 88.0 Å². The highest BCUT2D eigenvalue weighted by atomic mass is 127. The summed E-state index contributed by atoms with van der Waals surface area (Å²) in [6, 6.07) is 25.0.